The van der Waals surface area contributed by atoms with Gasteiger partial charge in [-0.1, -0.05) is 13.0 Å². The zero-order chi connectivity index (χ0) is 14.5. The first kappa shape index (κ1) is 14.3. The summed E-state index contributed by atoms with van der Waals surface area (Å²) in [5, 5.41) is 0. The van der Waals surface area contributed by atoms with Crippen LogP contribution in [0, 0.1) is 5.82 Å². The third-order valence-electron chi connectivity index (χ3n) is 3.16. The highest BCUT2D eigenvalue weighted by Crippen LogP contribution is 2.18. The van der Waals surface area contributed by atoms with E-state index in [1.54, 1.807) is 30.6 Å². The van der Waals surface area contributed by atoms with Gasteiger partial charge in [-0.3, -0.25) is 4.79 Å². The molecule has 1 aromatic carbocycles. The molecule has 0 spiro atoms. The molecule has 0 unspecified atom stereocenters. The molecule has 0 aliphatic heterocycles. The molecule has 2 aromatic rings. The maximum absolute atomic E-state index is 13.8. The van der Waals surface area contributed by atoms with E-state index in [1.807, 2.05) is 11.5 Å². The van der Waals surface area contributed by atoms with Crippen LogP contribution in [0.3, 0.4) is 0 Å². The first-order valence-electron chi connectivity index (χ1n) is 6.65. The zero-order valence-corrected chi connectivity index (χ0v) is 11.7. The van der Waals surface area contributed by atoms with Gasteiger partial charge in [0.1, 0.15) is 11.6 Å². The summed E-state index contributed by atoms with van der Waals surface area (Å²) in [6, 6.07) is 6.56. The number of halogens is 1. The minimum Gasteiger partial charge on any atom is -0.497 e. The van der Waals surface area contributed by atoms with Crippen LogP contribution >= 0.6 is 0 Å². The second kappa shape index (κ2) is 6.37. The number of hydrogen-bond donors (Lipinski definition) is 0. The van der Waals surface area contributed by atoms with Gasteiger partial charge in [-0.05, 0) is 18.6 Å². The van der Waals surface area contributed by atoms with E-state index in [1.165, 1.54) is 13.2 Å². The Morgan fingerprint density at radius 3 is 2.80 bits per heavy atom. The number of rotatable bonds is 6. The minimum absolute atomic E-state index is 0.126. The van der Waals surface area contributed by atoms with Gasteiger partial charge in [0, 0.05) is 42.6 Å². The molecule has 0 saturated heterocycles. The van der Waals surface area contributed by atoms with Crippen molar-refractivity contribution in [1.29, 1.82) is 0 Å². The Morgan fingerprint density at radius 1 is 1.35 bits per heavy atom. The zero-order valence-electron chi connectivity index (χ0n) is 11.7. The van der Waals surface area contributed by atoms with E-state index in [0.29, 0.717) is 29.8 Å². The molecule has 20 heavy (non-hydrogen) atoms. The summed E-state index contributed by atoms with van der Waals surface area (Å²) in [7, 11) is 1.51. The van der Waals surface area contributed by atoms with Gasteiger partial charge in [-0.2, -0.15) is 0 Å². The monoisotopic (exact) mass is 275 g/mol. The summed E-state index contributed by atoms with van der Waals surface area (Å²) in [4.78, 5) is 11.8. The Labute approximate surface area is 118 Å². The molecule has 0 bridgehead atoms. The lowest BCUT2D eigenvalue weighted by Gasteiger charge is -2.06. The maximum Gasteiger partial charge on any atom is 0.164 e. The van der Waals surface area contributed by atoms with Crippen molar-refractivity contribution in [3.05, 3.63) is 53.6 Å². The lowest BCUT2D eigenvalue weighted by Crippen LogP contribution is -2.01. The second-order valence-corrected chi connectivity index (χ2v) is 4.70. The molecule has 1 aromatic heterocycles. The van der Waals surface area contributed by atoms with E-state index < -0.39 is 0 Å². The fourth-order valence-electron chi connectivity index (χ4n) is 2.06. The number of ether oxygens (including phenoxy) is 1. The summed E-state index contributed by atoms with van der Waals surface area (Å²) >= 11 is 0. The molecule has 0 aliphatic carbocycles. The van der Waals surface area contributed by atoms with E-state index in [9.17, 15) is 9.18 Å². The molecular weight excluding hydrogens is 257 g/mol. The molecule has 0 saturated carbocycles. The third-order valence-corrected chi connectivity index (χ3v) is 3.16. The molecule has 106 valence electrons. The van der Waals surface area contributed by atoms with Crippen LogP contribution in [0.2, 0.25) is 0 Å². The maximum atomic E-state index is 13.8. The lowest BCUT2D eigenvalue weighted by atomic mass is 10.1. The summed E-state index contributed by atoms with van der Waals surface area (Å²) in [6.07, 6.45) is 4.94. The first-order chi connectivity index (χ1) is 9.63. The van der Waals surface area contributed by atoms with Gasteiger partial charge in [-0.15, -0.1) is 0 Å². The highest BCUT2D eigenvalue weighted by Gasteiger charge is 2.08. The van der Waals surface area contributed by atoms with Crippen molar-refractivity contribution < 1.29 is 13.9 Å². The SMILES string of the molecule is CCCC(=O)c1ccn(Cc2ccc(OC)cc2F)c1. The van der Waals surface area contributed by atoms with Gasteiger partial charge in [0.15, 0.2) is 5.78 Å². The first-order valence-corrected chi connectivity index (χ1v) is 6.65. The minimum atomic E-state index is -0.306. The van der Waals surface area contributed by atoms with E-state index in [2.05, 4.69) is 0 Å². The van der Waals surface area contributed by atoms with Gasteiger partial charge in [0.25, 0.3) is 0 Å². The number of nitrogens with zero attached hydrogens (tertiary/aromatic N) is 1. The molecule has 0 N–H and O–H groups in total. The van der Waals surface area contributed by atoms with Gasteiger partial charge in [0.05, 0.1) is 7.11 Å². The van der Waals surface area contributed by atoms with Crippen molar-refractivity contribution in [3.63, 3.8) is 0 Å². The number of aromatic nitrogens is 1. The molecule has 0 fully saturated rings. The number of benzene rings is 1. The molecule has 0 atom stereocenters. The Balaban J connectivity index is 2.12. The van der Waals surface area contributed by atoms with Crippen LogP contribution in [0.5, 0.6) is 5.75 Å². The summed E-state index contributed by atoms with van der Waals surface area (Å²) < 4.78 is 20.6. The van der Waals surface area contributed by atoms with Crippen molar-refractivity contribution in [3.8, 4) is 5.75 Å². The van der Waals surface area contributed by atoms with Crippen LogP contribution in [-0.2, 0) is 6.54 Å². The molecule has 0 aliphatic rings. The van der Waals surface area contributed by atoms with Crippen LogP contribution in [0.4, 0.5) is 4.39 Å². The van der Waals surface area contributed by atoms with Gasteiger partial charge < -0.3 is 9.30 Å². The average molecular weight is 275 g/mol. The third kappa shape index (κ3) is 3.26. The number of ketones is 1. The van der Waals surface area contributed by atoms with E-state index in [0.717, 1.165) is 6.42 Å². The van der Waals surface area contributed by atoms with Crippen LogP contribution in [0.15, 0.2) is 36.7 Å². The molecule has 4 heteroatoms. The fraction of sp³-hybridized carbons (Fsp3) is 0.312. The second-order valence-electron chi connectivity index (χ2n) is 4.70. The van der Waals surface area contributed by atoms with Crippen LogP contribution in [0.25, 0.3) is 0 Å². The Kier molecular flexibility index (Phi) is 4.56. The normalized spacial score (nSPS) is 10.6. The number of Topliss-reactive ketones (excluding diaryl/α,β-unsaturated/α-hetero) is 1. The molecule has 1 heterocycles. The van der Waals surface area contributed by atoms with Crippen molar-refractivity contribution >= 4 is 5.78 Å². The summed E-state index contributed by atoms with van der Waals surface area (Å²) in [5.74, 6) is 0.318. The topological polar surface area (TPSA) is 31.2 Å². The molecule has 3 nitrogen and oxygen atoms in total. The molecular formula is C16H18FNO2. The van der Waals surface area contributed by atoms with Crippen LogP contribution < -0.4 is 4.74 Å². The van der Waals surface area contributed by atoms with E-state index >= 15 is 0 Å². The van der Waals surface area contributed by atoms with Crippen molar-refractivity contribution in [2.24, 2.45) is 0 Å². The fourth-order valence-corrected chi connectivity index (χ4v) is 2.06. The number of carbonyl (C=O) groups excluding carboxylic acids is 1. The molecule has 0 radical (unpaired) electrons. The predicted molar refractivity (Wildman–Crippen MR) is 75.7 cm³/mol. The van der Waals surface area contributed by atoms with Crippen molar-refractivity contribution in [2.75, 3.05) is 7.11 Å². The lowest BCUT2D eigenvalue weighted by molar-refractivity contribution is 0.0981. The van der Waals surface area contributed by atoms with Crippen molar-refractivity contribution in [1.82, 2.24) is 4.57 Å². The Bertz CT molecular complexity index is 604. The quantitative estimate of drug-likeness (QED) is 0.753. The number of carbonyl (C=O) groups is 1. The largest absolute Gasteiger partial charge is 0.497 e. The summed E-state index contributed by atoms with van der Waals surface area (Å²) in [5.41, 5.74) is 1.25. The highest BCUT2D eigenvalue weighted by atomic mass is 19.1. The highest BCUT2D eigenvalue weighted by molar-refractivity contribution is 5.95. The van der Waals surface area contributed by atoms with Gasteiger partial charge in [0.2, 0.25) is 0 Å². The predicted octanol–water partition coefficient (Wildman–Crippen LogP) is 3.67. The van der Waals surface area contributed by atoms with E-state index in [-0.39, 0.29) is 11.6 Å². The standard InChI is InChI=1S/C16H18FNO2/c1-3-4-16(19)13-7-8-18(11-13)10-12-5-6-14(20-2)9-15(12)17/h5-9,11H,3-4,10H2,1-2H3. The van der Waals surface area contributed by atoms with Crippen molar-refractivity contribution in [2.45, 2.75) is 26.3 Å². The number of hydrogen-bond acceptors (Lipinski definition) is 2. The van der Waals surface area contributed by atoms with Gasteiger partial charge >= 0.3 is 0 Å². The average Bonchev–Trinajstić information content (AvgIpc) is 2.90. The van der Waals surface area contributed by atoms with Crippen LogP contribution in [-0.4, -0.2) is 17.5 Å². The van der Waals surface area contributed by atoms with Gasteiger partial charge in [-0.25, -0.2) is 4.39 Å². The number of methoxy groups -OCH3 is 1. The van der Waals surface area contributed by atoms with E-state index in [4.69, 9.17) is 4.74 Å². The smallest absolute Gasteiger partial charge is 0.164 e. The Hall–Kier alpha value is -2.10. The molecule has 2 rings (SSSR count). The summed E-state index contributed by atoms with van der Waals surface area (Å²) in [6.45, 7) is 2.37. The van der Waals surface area contributed by atoms with Crippen LogP contribution in [0.1, 0.15) is 35.7 Å². The Morgan fingerprint density at radius 2 is 2.15 bits per heavy atom. The molecule has 0 amide bonds.